The highest BCUT2D eigenvalue weighted by Crippen LogP contribution is 2.25. The summed E-state index contributed by atoms with van der Waals surface area (Å²) in [6.45, 7) is 3.62. The molecule has 1 heterocycles. The van der Waals surface area contributed by atoms with Gasteiger partial charge in [0.2, 0.25) is 10.0 Å². The van der Waals surface area contributed by atoms with Crippen LogP contribution >= 0.6 is 0 Å². The molecule has 106 valence electrons. The number of nitrogens with two attached hydrogens (primary N) is 1. The number of piperidine rings is 1. The highest BCUT2D eigenvalue weighted by molar-refractivity contribution is 7.89. The second-order valence-electron chi connectivity index (χ2n) is 4.96. The molecule has 0 unspecified atom stereocenters. The lowest BCUT2D eigenvalue weighted by Crippen LogP contribution is -2.36. The third-order valence-electron chi connectivity index (χ3n) is 3.68. The summed E-state index contributed by atoms with van der Waals surface area (Å²) >= 11 is 0. The maximum atomic E-state index is 12.7. The van der Waals surface area contributed by atoms with Gasteiger partial charge in [-0.3, -0.25) is 0 Å². The van der Waals surface area contributed by atoms with Crippen LogP contribution in [-0.4, -0.2) is 25.8 Å². The van der Waals surface area contributed by atoms with Crippen LogP contribution in [0.3, 0.4) is 0 Å². The first-order valence-electron chi connectivity index (χ1n) is 6.91. The number of hydrogen-bond acceptors (Lipinski definition) is 3. The maximum Gasteiger partial charge on any atom is 0.243 e. The van der Waals surface area contributed by atoms with Crippen LogP contribution < -0.4 is 5.73 Å². The van der Waals surface area contributed by atoms with Crippen molar-refractivity contribution < 1.29 is 8.42 Å². The molecule has 1 saturated heterocycles. The molecule has 0 spiro atoms. The summed E-state index contributed by atoms with van der Waals surface area (Å²) in [5.74, 6) is 0. The van der Waals surface area contributed by atoms with Crippen molar-refractivity contribution in [1.29, 1.82) is 0 Å². The number of aryl methyl sites for hydroxylation is 1. The van der Waals surface area contributed by atoms with E-state index in [9.17, 15) is 8.42 Å². The summed E-state index contributed by atoms with van der Waals surface area (Å²) in [5.41, 5.74) is 7.37. The number of nitrogens with zero attached hydrogens (tertiary/aromatic N) is 1. The van der Waals surface area contributed by atoms with Crippen LogP contribution in [0.2, 0.25) is 0 Å². The minimum absolute atomic E-state index is 0.368. The van der Waals surface area contributed by atoms with E-state index in [1.54, 1.807) is 10.4 Å². The normalized spacial score (nSPS) is 17.6. The summed E-state index contributed by atoms with van der Waals surface area (Å²) in [7, 11) is -3.36. The van der Waals surface area contributed by atoms with Crippen LogP contribution in [-0.2, 0) is 23.0 Å². The van der Waals surface area contributed by atoms with Gasteiger partial charge >= 0.3 is 0 Å². The van der Waals surface area contributed by atoms with E-state index in [0.29, 0.717) is 31.0 Å². The van der Waals surface area contributed by atoms with Crippen molar-refractivity contribution >= 4 is 10.0 Å². The second-order valence-corrected chi connectivity index (χ2v) is 6.87. The molecule has 0 amide bonds. The van der Waals surface area contributed by atoms with Crippen LogP contribution in [0.15, 0.2) is 23.1 Å². The van der Waals surface area contributed by atoms with E-state index in [-0.39, 0.29) is 0 Å². The van der Waals surface area contributed by atoms with Gasteiger partial charge in [-0.1, -0.05) is 25.5 Å². The molecule has 1 aliphatic rings. The van der Waals surface area contributed by atoms with Crippen molar-refractivity contribution in [2.75, 3.05) is 13.1 Å². The molecule has 1 aliphatic heterocycles. The third-order valence-corrected chi connectivity index (χ3v) is 5.66. The van der Waals surface area contributed by atoms with Crippen molar-refractivity contribution in [3.8, 4) is 0 Å². The number of hydrogen-bond donors (Lipinski definition) is 1. The van der Waals surface area contributed by atoms with Crippen LogP contribution in [0.4, 0.5) is 0 Å². The number of sulfonamides is 1. The van der Waals surface area contributed by atoms with Crippen LogP contribution in [0.25, 0.3) is 0 Å². The Labute approximate surface area is 115 Å². The molecule has 19 heavy (non-hydrogen) atoms. The quantitative estimate of drug-likeness (QED) is 0.917. The highest BCUT2D eigenvalue weighted by atomic mass is 32.2. The molecule has 0 aromatic heterocycles. The topological polar surface area (TPSA) is 63.4 Å². The predicted octanol–water partition coefficient (Wildman–Crippen LogP) is 1.88. The van der Waals surface area contributed by atoms with Crippen molar-refractivity contribution in [3.05, 3.63) is 29.3 Å². The Hall–Kier alpha value is -0.910. The molecule has 1 fully saturated rings. The maximum absolute atomic E-state index is 12.7. The Balaban J connectivity index is 2.43. The lowest BCUT2D eigenvalue weighted by Gasteiger charge is -2.27. The second kappa shape index (κ2) is 6.03. The Morgan fingerprint density at radius 1 is 1.21 bits per heavy atom. The first-order valence-corrected chi connectivity index (χ1v) is 8.35. The van der Waals surface area contributed by atoms with Crippen molar-refractivity contribution in [2.24, 2.45) is 5.73 Å². The van der Waals surface area contributed by atoms with E-state index in [2.05, 4.69) is 0 Å². The molecular formula is C14H22N2O2S. The van der Waals surface area contributed by atoms with Crippen LogP contribution in [0, 0.1) is 0 Å². The molecule has 0 bridgehead atoms. The van der Waals surface area contributed by atoms with Gasteiger partial charge in [0.05, 0.1) is 4.90 Å². The third kappa shape index (κ3) is 2.99. The molecule has 2 N–H and O–H groups in total. The molecule has 1 aromatic rings. The fraction of sp³-hybridized carbons (Fsp3) is 0.571. The standard InChI is InChI=1S/C14H22N2O2S/c1-2-13-7-6-12(11-15)10-14(13)19(17,18)16-8-4-3-5-9-16/h6-7,10H,2-5,8-9,11,15H2,1H3. The largest absolute Gasteiger partial charge is 0.326 e. The van der Waals surface area contributed by atoms with Crippen LogP contribution in [0.1, 0.15) is 37.3 Å². The summed E-state index contributed by atoms with van der Waals surface area (Å²) < 4.78 is 27.1. The minimum Gasteiger partial charge on any atom is -0.326 e. The Morgan fingerprint density at radius 2 is 1.89 bits per heavy atom. The van der Waals surface area contributed by atoms with Gasteiger partial charge in [-0.25, -0.2) is 8.42 Å². The van der Waals surface area contributed by atoms with Gasteiger partial charge in [0.1, 0.15) is 0 Å². The zero-order chi connectivity index (χ0) is 13.9. The first-order chi connectivity index (χ1) is 9.09. The predicted molar refractivity (Wildman–Crippen MR) is 76.3 cm³/mol. The van der Waals surface area contributed by atoms with Gasteiger partial charge in [-0.2, -0.15) is 4.31 Å². The molecule has 0 saturated carbocycles. The van der Waals surface area contributed by atoms with Gasteiger partial charge in [0, 0.05) is 19.6 Å². The van der Waals surface area contributed by atoms with E-state index in [1.165, 1.54) is 0 Å². The molecule has 5 heteroatoms. The fourth-order valence-electron chi connectivity index (χ4n) is 2.50. The average molecular weight is 282 g/mol. The first kappa shape index (κ1) is 14.5. The summed E-state index contributed by atoms with van der Waals surface area (Å²) in [6.07, 6.45) is 3.75. The molecule has 0 aliphatic carbocycles. The molecule has 2 rings (SSSR count). The van der Waals surface area contributed by atoms with Crippen molar-refractivity contribution in [2.45, 2.75) is 44.0 Å². The lowest BCUT2D eigenvalue weighted by molar-refractivity contribution is 0.346. The van der Waals surface area contributed by atoms with E-state index in [1.807, 2.05) is 19.1 Å². The average Bonchev–Trinajstić information content (AvgIpc) is 2.47. The smallest absolute Gasteiger partial charge is 0.243 e. The van der Waals surface area contributed by atoms with Gasteiger partial charge in [-0.05, 0) is 36.5 Å². The molecule has 4 nitrogen and oxygen atoms in total. The zero-order valence-corrected chi connectivity index (χ0v) is 12.2. The number of rotatable bonds is 4. The van der Waals surface area contributed by atoms with E-state index in [0.717, 1.165) is 30.4 Å². The van der Waals surface area contributed by atoms with Crippen molar-refractivity contribution in [3.63, 3.8) is 0 Å². The van der Waals surface area contributed by atoms with Gasteiger partial charge in [-0.15, -0.1) is 0 Å². The van der Waals surface area contributed by atoms with Gasteiger partial charge < -0.3 is 5.73 Å². The SMILES string of the molecule is CCc1ccc(CN)cc1S(=O)(=O)N1CCCCC1. The summed E-state index contributed by atoms with van der Waals surface area (Å²) in [4.78, 5) is 0.444. The molecular weight excluding hydrogens is 260 g/mol. The van der Waals surface area contributed by atoms with Crippen molar-refractivity contribution in [1.82, 2.24) is 4.31 Å². The molecule has 1 aromatic carbocycles. The van der Waals surface area contributed by atoms with E-state index >= 15 is 0 Å². The highest BCUT2D eigenvalue weighted by Gasteiger charge is 2.27. The Morgan fingerprint density at radius 3 is 2.47 bits per heavy atom. The molecule has 0 atom stereocenters. The van der Waals surface area contributed by atoms with Gasteiger partial charge in [0.25, 0.3) is 0 Å². The monoisotopic (exact) mass is 282 g/mol. The summed E-state index contributed by atoms with van der Waals surface area (Å²) in [6, 6.07) is 5.54. The minimum atomic E-state index is -3.36. The number of benzene rings is 1. The summed E-state index contributed by atoms with van der Waals surface area (Å²) in [5, 5.41) is 0. The lowest BCUT2D eigenvalue weighted by atomic mass is 10.1. The Bertz CT molecular complexity index is 534. The van der Waals surface area contributed by atoms with E-state index < -0.39 is 10.0 Å². The van der Waals surface area contributed by atoms with E-state index in [4.69, 9.17) is 5.73 Å². The Kier molecular flexibility index (Phi) is 4.60. The fourth-order valence-corrected chi connectivity index (χ4v) is 4.36. The zero-order valence-electron chi connectivity index (χ0n) is 11.4. The molecule has 0 radical (unpaired) electrons. The van der Waals surface area contributed by atoms with Crippen LogP contribution in [0.5, 0.6) is 0 Å². The van der Waals surface area contributed by atoms with Gasteiger partial charge in [0.15, 0.2) is 0 Å².